The van der Waals surface area contributed by atoms with Crippen LogP contribution in [0, 0.1) is 0 Å². The Bertz CT molecular complexity index is 1170. The molecule has 0 fully saturated rings. The van der Waals surface area contributed by atoms with Crippen molar-refractivity contribution in [2.45, 2.75) is 32.5 Å². The van der Waals surface area contributed by atoms with E-state index in [2.05, 4.69) is 43.8 Å². The van der Waals surface area contributed by atoms with E-state index in [9.17, 15) is 0 Å². The summed E-state index contributed by atoms with van der Waals surface area (Å²) in [7, 11) is 0. The lowest BCUT2D eigenvalue weighted by atomic mass is 9.78. The molecule has 0 saturated carbocycles. The first kappa shape index (κ1) is 23.4. The van der Waals surface area contributed by atoms with Gasteiger partial charge in [-0.1, -0.05) is 38.1 Å². The van der Waals surface area contributed by atoms with Crippen molar-refractivity contribution in [3.05, 3.63) is 71.3 Å². The summed E-state index contributed by atoms with van der Waals surface area (Å²) in [6, 6.07) is 15.7. The fourth-order valence-corrected chi connectivity index (χ4v) is 3.44. The molecule has 0 saturated heterocycles. The third-order valence-corrected chi connectivity index (χ3v) is 5.32. The molecule has 4 aromatic rings. The molecule has 12 nitrogen and oxygen atoms in total. The molecule has 35 heavy (non-hydrogen) atoms. The highest BCUT2D eigenvalue weighted by atomic mass is 16.5. The van der Waals surface area contributed by atoms with Crippen molar-refractivity contribution in [3.63, 3.8) is 0 Å². The van der Waals surface area contributed by atoms with Crippen molar-refractivity contribution in [2.75, 3.05) is 22.9 Å². The van der Waals surface area contributed by atoms with E-state index < -0.39 is 0 Å². The molecule has 0 amide bonds. The van der Waals surface area contributed by atoms with Gasteiger partial charge in [0.05, 0.1) is 0 Å². The quantitative estimate of drug-likeness (QED) is 0.289. The molecule has 0 bridgehead atoms. The van der Waals surface area contributed by atoms with Crippen LogP contribution in [0.5, 0.6) is 11.5 Å². The van der Waals surface area contributed by atoms with Crippen LogP contribution in [0.25, 0.3) is 0 Å². The van der Waals surface area contributed by atoms with E-state index in [4.69, 9.17) is 32.4 Å². The minimum Gasteiger partial charge on any atom is -0.486 e. The van der Waals surface area contributed by atoms with Crippen molar-refractivity contribution < 1.29 is 9.47 Å². The number of nitrogens with zero attached hydrogens (tertiary/aromatic N) is 6. The predicted molar refractivity (Wildman–Crippen MR) is 131 cm³/mol. The maximum Gasteiger partial charge on any atom is 0.225 e. The van der Waals surface area contributed by atoms with E-state index in [1.54, 1.807) is 0 Å². The second-order valence-corrected chi connectivity index (χ2v) is 8.19. The summed E-state index contributed by atoms with van der Waals surface area (Å²) >= 11 is 0. The summed E-state index contributed by atoms with van der Waals surface area (Å²) in [6.45, 7) is 4.55. The fraction of sp³-hybridized carbons (Fsp3) is 0.217. The molecule has 12 heteroatoms. The third kappa shape index (κ3) is 5.79. The summed E-state index contributed by atoms with van der Waals surface area (Å²) in [5, 5.41) is 0. The Hall–Kier alpha value is -4.74. The number of hydrogen-bond donors (Lipinski definition) is 4. The van der Waals surface area contributed by atoms with Gasteiger partial charge in [0.15, 0.2) is 11.6 Å². The predicted octanol–water partition coefficient (Wildman–Crippen LogP) is 1.87. The van der Waals surface area contributed by atoms with Gasteiger partial charge in [-0.15, -0.1) is 0 Å². The summed E-state index contributed by atoms with van der Waals surface area (Å²) in [4.78, 5) is 23.5. The van der Waals surface area contributed by atoms with E-state index in [1.165, 1.54) is 0 Å². The molecule has 2 heterocycles. The van der Waals surface area contributed by atoms with Gasteiger partial charge in [0.25, 0.3) is 0 Å². The van der Waals surface area contributed by atoms with Crippen molar-refractivity contribution in [1.82, 2.24) is 29.9 Å². The van der Waals surface area contributed by atoms with Crippen LogP contribution in [0.15, 0.2) is 48.5 Å². The lowest BCUT2D eigenvalue weighted by Crippen LogP contribution is -2.18. The zero-order valence-corrected chi connectivity index (χ0v) is 19.3. The molecule has 0 spiro atoms. The molecule has 2 aromatic heterocycles. The largest absolute Gasteiger partial charge is 0.486 e. The van der Waals surface area contributed by atoms with Gasteiger partial charge in [-0.3, -0.25) is 0 Å². The summed E-state index contributed by atoms with van der Waals surface area (Å²) in [6.07, 6.45) is 0. The average molecular weight is 475 g/mol. The van der Waals surface area contributed by atoms with Crippen LogP contribution in [0.3, 0.4) is 0 Å². The molecule has 4 rings (SSSR count). The van der Waals surface area contributed by atoms with Gasteiger partial charge in [0.1, 0.15) is 24.7 Å². The van der Waals surface area contributed by atoms with Crippen LogP contribution in [-0.4, -0.2) is 29.9 Å². The first-order valence-corrected chi connectivity index (χ1v) is 10.7. The topological polar surface area (TPSA) is 200 Å². The Morgan fingerprint density at radius 3 is 1.17 bits per heavy atom. The lowest BCUT2D eigenvalue weighted by molar-refractivity contribution is 0.295. The molecule has 0 aliphatic heterocycles. The number of nitrogen functional groups attached to an aromatic ring is 4. The highest BCUT2D eigenvalue weighted by molar-refractivity contribution is 5.42. The minimum absolute atomic E-state index is 0.0599. The first-order valence-electron chi connectivity index (χ1n) is 10.7. The van der Waals surface area contributed by atoms with Crippen LogP contribution >= 0.6 is 0 Å². The SMILES string of the molecule is CC(C)(c1ccc(OCc2nc(N)nc(N)n2)cc1)c1ccc(OCc2nc(N)nc(N)n2)cc1. The van der Waals surface area contributed by atoms with E-state index in [-0.39, 0.29) is 42.4 Å². The fourth-order valence-electron chi connectivity index (χ4n) is 3.44. The molecule has 2 aromatic carbocycles. The number of aromatic nitrogens is 6. The van der Waals surface area contributed by atoms with Crippen molar-refractivity contribution in [3.8, 4) is 11.5 Å². The van der Waals surface area contributed by atoms with Crippen LogP contribution in [0.2, 0.25) is 0 Å². The lowest BCUT2D eigenvalue weighted by Gasteiger charge is -2.26. The number of nitrogens with two attached hydrogens (primary N) is 4. The van der Waals surface area contributed by atoms with Gasteiger partial charge in [-0.25, -0.2) is 0 Å². The normalized spacial score (nSPS) is 11.3. The van der Waals surface area contributed by atoms with Gasteiger partial charge in [-0.05, 0) is 35.4 Å². The minimum atomic E-state index is -0.259. The van der Waals surface area contributed by atoms with Gasteiger partial charge in [-0.2, -0.15) is 29.9 Å². The van der Waals surface area contributed by atoms with E-state index in [0.29, 0.717) is 23.1 Å². The molecular formula is C23H26N10O2. The maximum atomic E-state index is 5.76. The zero-order chi connectivity index (χ0) is 25.0. The maximum absolute atomic E-state index is 5.76. The highest BCUT2D eigenvalue weighted by Crippen LogP contribution is 2.33. The number of benzene rings is 2. The molecular weight excluding hydrogens is 448 g/mol. The summed E-state index contributed by atoms with van der Waals surface area (Å²) in [5.74, 6) is 2.31. The Labute approximate surface area is 201 Å². The molecule has 8 N–H and O–H groups in total. The number of hydrogen-bond acceptors (Lipinski definition) is 12. The first-order chi connectivity index (χ1) is 16.7. The molecule has 0 atom stereocenters. The smallest absolute Gasteiger partial charge is 0.225 e. The van der Waals surface area contributed by atoms with Crippen LogP contribution < -0.4 is 32.4 Å². The molecule has 180 valence electrons. The average Bonchev–Trinajstić information content (AvgIpc) is 2.81. The standard InChI is InChI=1S/C23H26N10O2/c1-23(2,13-3-7-15(8-4-13)34-11-17-28-19(24)32-20(25)29-17)14-5-9-16(10-6-14)35-12-18-30-21(26)33-22(27)31-18/h3-10H,11-12H2,1-2H3,(H4,24,25,28,29,32)(H4,26,27,30,31,33). The van der Waals surface area contributed by atoms with Crippen molar-refractivity contribution >= 4 is 23.8 Å². The van der Waals surface area contributed by atoms with E-state index >= 15 is 0 Å². The number of ether oxygens (including phenoxy) is 2. The Morgan fingerprint density at radius 2 is 0.857 bits per heavy atom. The van der Waals surface area contributed by atoms with Gasteiger partial charge >= 0.3 is 0 Å². The van der Waals surface area contributed by atoms with Gasteiger partial charge in [0.2, 0.25) is 23.8 Å². The molecule has 0 radical (unpaired) electrons. The van der Waals surface area contributed by atoms with Gasteiger partial charge in [0, 0.05) is 5.41 Å². The van der Waals surface area contributed by atoms with Crippen LogP contribution in [0.1, 0.15) is 36.6 Å². The monoisotopic (exact) mass is 474 g/mol. The molecule has 0 unspecified atom stereocenters. The summed E-state index contributed by atoms with van der Waals surface area (Å²) in [5.41, 5.74) is 24.3. The third-order valence-electron chi connectivity index (χ3n) is 5.32. The molecule has 0 aliphatic rings. The van der Waals surface area contributed by atoms with Crippen molar-refractivity contribution in [1.29, 1.82) is 0 Å². The summed E-state index contributed by atoms with van der Waals surface area (Å²) < 4.78 is 11.5. The Kier molecular flexibility index (Phi) is 6.44. The second kappa shape index (κ2) is 9.63. The van der Waals surface area contributed by atoms with Crippen LogP contribution in [-0.2, 0) is 18.6 Å². The Morgan fingerprint density at radius 1 is 0.543 bits per heavy atom. The van der Waals surface area contributed by atoms with E-state index in [1.807, 2.05) is 48.5 Å². The highest BCUT2D eigenvalue weighted by Gasteiger charge is 2.23. The van der Waals surface area contributed by atoms with Crippen molar-refractivity contribution in [2.24, 2.45) is 0 Å². The number of anilines is 4. The zero-order valence-electron chi connectivity index (χ0n) is 19.3. The van der Waals surface area contributed by atoms with Gasteiger partial charge < -0.3 is 32.4 Å². The van der Waals surface area contributed by atoms with E-state index in [0.717, 1.165) is 11.1 Å². The van der Waals surface area contributed by atoms with Crippen LogP contribution in [0.4, 0.5) is 23.8 Å². The Balaban J connectivity index is 1.39. The molecule has 0 aliphatic carbocycles. The second-order valence-electron chi connectivity index (χ2n) is 8.19. The number of rotatable bonds is 8.